The number of hydrogen-bond acceptors (Lipinski definition) is 6. The quantitative estimate of drug-likeness (QED) is 0.637. The van der Waals surface area contributed by atoms with Crippen LogP contribution in [-0.4, -0.2) is 22.1 Å². The molecule has 0 N–H and O–H groups in total. The zero-order valence-electron chi connectivity index (χ0n) is 12.9. The van der Waals surface area contributed by atoms with Gasteiger partial charge in [-0.1, -0.05) is 5.16 Å². The Morgan fingerprint density at radius 1 is 1.39 bits per heavy atom. The van der Waals surface area contributed by atoms with Gasteiger partial charge >= 0.3 is 0 Å². The van der Waals surface area contributed by atoms with E-state index in [0.29, 0.717) is 22.9 Å². The number of carbonyl (C=O) groups is 1. The molecular formula is C15H15N3O5. The zero-order chi connectivity index (χ0) is 16.7. The topological polar surface area (TPSA) is 98.7 Å². The van der Waals surface area contributed by atoms with Crippen LogP contribution in [0.15, 0.2) is 22.7 Å². The predicted molar refractivity (Wildman–Crippen MR) is 80.4 cm³/mol. The highest BCUT2D eigenvalue weighted by atomic mass is 16.6. The SMILES string of the molecule is Cc1noc(C)c1CN1C(=O)[C@@H](C)Oc2ccc([N+](=O)[O-])cc21. The van der Waals surface area contributed by atoms with Gasteiger partial charge in [0, 0.05) is 17.7 Å². The maximum absolute atomic E-state index is 12.5. The number of rotatable bonds is 3. The first kappa shape index (κ1) is 15.0. The van der Waals surface area contributed by atoms with Crippen molar-refractivity contribution in [1.82, 2.24) is 5.16 Å². The van der Waals surface area contributed by atoms with E-state index < -0.39 is 11.0 Å². The van der Waals surface area contributed by atoms with Crippen molar-refractivity contribution in [3.63, 3.8) is 0 Å². The van der Waals surface area contributed by atoms with Crippen molar-refractivity contribution in [2.75, 3.05) is 4.90 Å². The van der Waals surface area contributed by atoms with E-state index >= 15 is 0 Å². The lowest BCUT2D eigenvalue weighted by Crippen LogP contribution is -2.44. The Morgan fingerprint density at radius 3 is 2.74 bits per heavy atom. The summed E-state index contributed by atoms with van der Waals surface area (Å²) in [7, 11) is 0. The van der Waals surface area contributed by atoms with Crippen molar-refractivity contribution in [2.24, 2.45) is 0 Å². The molecule has 0 saturated carbocycles. The molecule has 0 aliphatic carbocycles. The number of nitrogens with zero attached hydrogens (tertiary/aromatic N) is 3. The second-order valence-corrected chi connectivity index (χ2v) is 5.40. The van der Waals surface area contributed by atoms with Gasteiger partial charge in [-0.2, -0.15) is 0 Å². The zero-order valence-corrected chi connectivity index (χ0v) is 12.9. The van der Waals surface area contributed by atoms with Crippen LogP contribution in [0.3, 0.4) is 0 Å². The molecule has 23 heavy (non-hydrogen) atoms. The lowest BCUT2D eigenvalue weighted by molar-refractivity contribution is -0.384. The Morgan fingerprint density at radius 2 is 2.13 bits per heavy atom. The average molecular weight is 317 g/mol. The van der Waals surface area contributed by atoms with Crippen LogP contribution in [0.5, 0.6) is 5.75 Å². The molecule has 1 amide bonds. The van der Waals surface area contributed by atoms with E-state index in [1.165, 1.54) is 23.1 Å². The number of aryl methyl sites for hydroxylation is 2. The number of nitro benzene ring substituents is 1. The molecule has 2 aromatic rings. The molecule has 3 rings (SSSR count). The summed E-state index contributed by atoms with van der Waals surface area (Å²) in [4.78, 5) is 24.5. The van der Waals surface area contributed by atoms with Crippen molar-refractivity contribution in [2.45, 2.75) is 33.4 Å². The van der Waals surface area contributed by atoms with Crippen molar-refractivity contribution < 1.29 is 19.0 Å². The number of anilines is 1. The summed E-state index contributed by atoms with van der Waals surface area (Å²) in [6, 6.07) is 4.21. The minimum absolute atomic E-state index is 0.0986. The van der Waals surface area contributed by atoms with Crippen LogP contribution in [0.1, 0.15) is 23.9 Å². The van der Waals surface area contributed by atoms with Crippen LogP contribution in [0.25, 0.3) is 0 Å². The number of aromatic nitrogens is 1. The molecule has 0 unspecified atom stereocenters. The Kier molecular flexibility index (Phi) is 3.51. The molecule has 120 valence electrons. The summed E-state index contributed by atoms with van der Waals surface area (Å²) >= 11 is 0. The van der Waals surface area contributed by atoms with Gasteiger partial charge in [0.1, 0.15) is 11.5 Å². The van der Waals surface area contributed by atoms with Gasteiger partial charge in [-0.3, -0.25) is 14.9 Å². The number of fused-ring (bicyclic) bond motifs is 1. The molecule has 1 aliphatic heterocycles. The third-order valence-corrected chi connectivity index (χ3v) is 3.86. The van der Waals surface area contributed by atoms with E-state index in [-0.39, 0.29) is 18.1 Å². The largest absolute Gasteiger partial charge is 0.479 e. The van der Waals surface area contributed by atoms with Gasteiger partial charge in [0.05, 0.1) is 22.8 Å². The number of carbonyl (C=O) groups excluding carboxylic acids is 1. The minimum Gasteiger partial charge on any atom is -0.479 e. The van der Waals surface area contributed by atoms with Crippen molar-refractivity contribution in [1.29, 1.82) is 0 Å². The highest BCUT2D eigenvalue weighted by Crippen LogP contribution is 2.38. The highest BCUT2D eigenvalue weighted by Gasteiger charge is 2.33. The summed E-state index contributed by atoms with van der Waals surface area (Å²) in [5.74, 6) is 0.786. The molecule has 1 atom stereocenters. The molecular weight excluding hydrogens is 302 g/mol. The van der Waals surface area contributed by atoms with Gasteiger partial charge in [0.25, 0.3) is 11.6 Å². The number of nitro groups is 1. The lowest BCUT2D eigenvalue weighted by atomic mass is 10.1. The van der Waals surface area contributed by atoms with Crippen LogP contribution < -0.4 is 9.64 Å². The number of hydrogen-bond donors (Lipinski definition) is 0. The lowest BCUT2D eigenvalue weighted by Gasteiger charge is -2.32. The van der Waals surface area contributed by atoms with Crippen molar-refractivity contribution in [3.8, 4) is 5.75 Å². The summed E-state index contributed by atoms with van der Waals surface area (Å²) < 4.78 is 10.7. The van der Waals surface area contributed by atoms with Crippen molar-refractivity contribution in [3.05, 3.63) is 45.3 Å². The van der Waals surface area contributed by atoms with E-state index in [1.54, 1.807) is 20.8 Å². The number of non-ortho nitro benzene ring substituents is 1. The Bertz CT molecular complexity index is 779. The van der Waals surface area contributed by atoms with E-state index in [2.05, 4.69) is 5.16 Å². The van der Waals surface area contributed by atoms with E-state index in [0.717, 1.165) is 5.56 Å². The summed E-state index contributed by atoms with van der Waals surface area (Å²) in [6.45, 7) is 5.42. The fourth-order valence-corrected chi connectivity index (χ4v) is 2.56. The van der Waals surface area contributed by atoms with Gasteiger partial charge in [0.15, 0.2) is 6.10 Å². The van der Waals surface area contributed by atoms with E-state index in [9.17, 15) is 14.9 Å². The van der Waals surface area contributed by atoms with Crippen molar-refractivity contribution >= 4 is 17.3 Å². The Labute approximate surface area is 131 Å². The number of benzene rings is 1. The molecule has 1 aromatic carbocycles. The van der Waals surface area contributed by atoms with Crippen LogP contribution in [0.2, 0.25) is 0 Å². The molecule has 1 aromatic heterocycles. The highest BCUT2D eigenvalue weighted by molar-refractivity contribution is 6.00. The molecule has 8 nitrogen and oxygen atoms in total. The maximum Gasteiger partial charge on any atom is 0.271 e. The van der Waals surface area contributed by atoms with Crippen LogP contribution in [0, 0.1) is 24.0 Å². The Balaban J connectivity index is 2.07. The standard InChI is InChI=1S/C15H15N3O5/c1-8-12(9(2)23-16-8)7-17-13-6-11(18(20)21)4-5-14(13)22-10(3)15(17)19/h4-6,10H,7H2,1-3H3/t10-/m1/s1. The first-order valence-electron chi connectivity index (χ1n) is 7.06. The van der Waals surface area contributed by atoms with Gasteiger partial charge in [0.2, 0.25) is 0 Å². The first-order valence-corrected chi connectivity index (χ1v) is 7.06. The Hall–Kier alpha value is -2.90. The summed E-state index contributed by atoms with van der Waals surface area (Å²) in [6.07, 6.45) is -0.663. The molecule has 2 heterocycles. The molecule has 0 radical (unpaired) electrons. The average Bonchev–Trinajstić information content (AvgIpc) is 2.82. The fourth-order valence-electron chi connectivity index (χ4n) is 2.56. The second-order valence-electron chi connectivity index (χ2n) is 5.40. The van der Waals surface area contributed by atoms with Crippen LogP contribution >= 0.6 is 0 Å². The predicted octanol–water partition coefficient (Wildman–Crippen LogP) is 2.51. The van der Waals surface area contributed by atoms with Crippen LogP contribution in [0.4, 0.5) is 11.4 Å². The number of ether oxygens (including phenoxy) is 1. The summed E-state index contributed by atoms with van der Waals surface area (Å²) in [5, 5.41) is 14.9. The van der Waals surface area contributed by atoms with Gasteiger partial charge in [-0.15, -0.1) is 0 Å². The number of amides is 1. The molecule has 0 saturated heterocycles. The maximum atomic E-state index is 12.5. The molecule has 8 heteroatoms. The minimum atomic E-state index is -0.663. The van der Waals surface area contributed by atoms with E-state index in [4.69, 9.17) is 9.26 Å². The smallest absolute Gasteiger partial charge is 0.271 e. The second kappa shape index (κ2) is 5.38. The third kappa shape index (κ3) is 2.52. The fraction of sp³-hybridized carbons (Fsp3) is 0.333. The molecule has 0 spiro atoms. The summed E-state index contributed by atoms with van der Waals surface area (Å²) in [5.41, 5.74) is 1.74. The third-order valence-electron chi connectivity index (χ3n) is 3.86. The molecule has 0 fully saturated rings. The first-order chi connectivity index (χ1) is 10.9. The van der Waals surface area contributed by atoms with E-state index in [1.807, 2.05) is 0 Å². The van der Waals surface area contributed by atoms with Gasteiger partial charge in [-0.25, -0.2) is 0 Å². The van der Waals surface area contributed by atoms with Gasteiger partial charge < -0.3 is 14.2 Å². The van der Waals surface area contributed by atoms with Gasteiger partial charge in [-0.05, 0) is 26.8 Å². The van der Waals surface area contributed by atoms with Crippen LogP contribution in [-0.2, 0) is 11.3 Å². The normalized spacial score (nSPS) is 16.9. The molecule has 1 aliphatic rings. The monoisotopic (exact) mass is 317 g/mol. The molecule has 0 bridgehead atoms.